The van der Waals surface area contributed by atoms with Crippen molar-refractivity contribution in [2.75, 3.05) is 0 Å². The van der Waals surface area contributed by atoms with Crippen LogP contribution in [0.5, 0.6) is 0 Å². The number of amides is 1. The van der Waals surface area contributed by atoms with E-state index < -0.39 is 35.4 Å². The van der Waals surface area contributed by atoms with Crippen molar-refractivity contribution in [3.8, 4) is 0 Å². The van der Waals surface area contributed by atoms with Crippen LogP contribution in [0.25, 0.3) is 0 Å². The molecule has 0 saturated heterocycles. The van der Waals surface area contributed by atoms with E-state index in [9.17, 15) is 14.4 Å². The number of carboxylic acid groups (broad SMARTS) is 1. The molecule has 0 aliphatic carbocycles. The third-order valence-corrected chi connectivity index (χ3v) is 4.27. The van der Waals surface area contributed by atoms with Crippen molar-refractivity contribution in [1.29, 1.82) is 0 Å². The van der Waals surface area contributed by atoms with Crippen LogP contribution in [0.4, 0.5) is 0 Å². The van der Waals surface area contributed by atoms with Crippen LogP contribution in [-0.2, 0) is 14.4 Å². The fraction of sp³-hybridized carbons (Fsp3) is 0.375. The Labute approximate surface area is 143 Å². The number of nitrogens with one attached hydrogen (secondary N) is 1. The minimum atomic E-state index is -1.23. The van der Waals surface area contributed by atoms with Crippen molar-refractivity contribution in [3.63, 3.8) is 0 Å². The molecule has 128 valence electrons. The van der Waals surface area contributed by atoms with Gasteiger partial charge in [-0.25, -0.2) is 4.79 Å². The number of carbonyl (C=O) groups is 3. The summed E-state index contributed by atoms with van der Waals surface area (Å²) < 4.78 is 0. The van der Waals surface area contributed by atoms with Gasteiger partial charge in [0.15, 0.2) is 0 Å². The van der Waals surface area contributed by atoms with Gasteiger partial charge in [-0.1, -0.05) is 30.3 Å². The van der Waals surface area contributed by atoms with E-state index in [0.717, 1.165) is 0 Å². The minimum absolute atomic E-state index is 0.193. The number of rotatable bonds is 6. The van der Waals surface area contributed by atoms with E-state index in [-0.39, 0.29) is 5.71 Å². The van der Waals surface area contributed by atoms with Crippen molar-refractivity contribution in [2.24, 2.45) is 10.7 Å². The molecule has 4 atom stereocenters. The number of benzene rings is 1. The number of hydrogen-bond acceptors (Lipinski definition) is 5. The van der Waals surface area contributed by atoms with E-state index >= 15 is 0 Å². The first-order chi connectivity index (χ1) is 11.4. The van der Waals surface area contributed by atoms with Crippen molar-refractivity contribution >= 4 is 35.5 Å². The summed E-state index contributed by atoms with van der Waals surface area (Å²) in [6.07, 6.45) is 1.30. The topological polar surface area (TPSA) is 122 Å². The Kier molecular flexibility index (Phi) is 6.05. The van der Waals surface area contributed by atoms with Gasteiger partial charge < -0.3 is 21.0 Å². The van der Waals surface area contributed by atoms with Crippen LogP contribution in [-0.4, -0.2) is 46.4 Å². The molecular weight excluding hydrogens is 334 g/mol. The minimum Gasteiger partial charge on any atom is -0.477 e. The number of carbonyl (C=O) groups excluding carboxylic acids is 2. The highest BCUT2D eigenvalue weighted by atomic mass is 35.5. The van der Waals surface area contributed by atoms with Crippen LogP contribution in [0, 0.1) is 0 Å². The normalized spacial score (nSPS) is 22.8. The monoisotopic (exact) mass is 351 g/mol. The van der Waals surface area contributed by atoms with Crippen LogP contribution in [0.15, 0.2) is 35.3 Å². The lowest BCUT2D eigenvalue weighted by molar-refractivity contribution is -0.129. The van der Waals surface area contributed by atoms with Crippen molar-refractivity contribution in [2.45, 2.75) is 36.3 Å². The summed E-state index contributed by atoms with van der Waals surface area (Å²) in [5.41, 5.74) is 6.31. The predicted molar refractivity (Wildman–Crippen MR) is 89.1 cm³/mol. The van der Waals surface area contributed by atoms with Gasteiger partial charge in [0.05, 0.1) is 11.4 Å². The third-order valence-electron chi connectivity index (χ3n) is 3.85. The second-order valence-corrected chi connectivity index (χ2v) is 6.02. The molecule has 4 N–H and O–H groups in total. The Morgan fingerprint density at radius 2 is 2.00 bits per heavy atom. The summed E-state index contributed by atoms with van der Waals surface area (Å²) >= 11 is 5.92. The molecule has 1 heterocycles. The van der Waals surface area contributed by atoms with Crippen LogP contribution in [0.2, 0.25) is 0 Å². The van der Waals surface area contributed by atoms with E-state index in [2.05, 4.69) is 10.3 Å². The Bertz CT molecular complexity index is 650. The summed E-state index contributed by atoms with van der Waals surface area (Å²) in [5, 5.41) is 10.9. The maximum absolute atomic E-state index is 12.2. The molecule has 7 nitrogen and oxygen atoms in total. The smallest absolute Gasteiger partial charge is 0.351 e. The number of aldehydes is 1. The fourth-order valence-electron chi connectivity index (χ4n) is 2.51. The van der Waals surface area contributed by atoms with Crippen LogP contribution in [0.3, 0.4) is 0 Å². The number of carboxylic acids is 1. The van der Waals surface area contributed by atoms with Gasteiger partial charge in [-0.15, -0.1) is 11.6 Å². The molecule has 8 heteroatoms. The zero-order valence-corrected chi connectivity index (χ0v) is 13.5. The average molecular weight is 352 g/mol. The Morgan fingerprint density at radius 3 is 2.58 bits per heavy atom. The van der Waals surface area contributed by atoms with Gasteiger partial charge in [0.25, 0.3) is 0 Å². The molecule has 0 radical (unpaired) electrons. The van der Waals surface area contributed by atoms with Crippen molar-refractivity contribution < 1.29 is 19.5 Å². The lowest BCUT2D eigenvalue weighted by Gasteiger charge is -2.27. The zero-order chi connectivity index (χ0) is 17.7. The summed E-state index contributed by atoms with van der Waals surface area (Å²) in [6.45, 7) is 0. The van der Waals surface area contributed by atoms with E-state index in [1.165, 1.54) is 0 Å². The van der Waals surface area contributed by atoms with Gasteiger partial charge >= 0.3 is 5.97 Å². The molecule has 0 saturated carbocycles. The maximum atomic E-state index is 12.2. The SMILES string of the molecule is N[C@@H](C(=O)N[C@H](C=O)[C@H]1CCC(Cl)C(C(=O)O)=N1)c1ccccc1. The Hall–Kier alpha value is -2.25. The van der Waals surface area contributed by atoms with Crippen molar-refractivity contribution in [3.05, 3.63) is 35.9 Å². The molecule has 1 aromatic rings. The summed E-state index contributed by atoms with van der Waals surface area (Å²) in [7, 11) is 0. The highest BCUT2D eigenvalue weighted by Crippen LogP contribution is 2.21. The molecular formula is C16H18ClN3O4. The first-order valence-electron chi connectivity index (χ1n) is 7.45. The number of aliphatic carboxylic acids is 1. The average Bonchev–Trinajstić information content (AvgIpc) is 2.60. The standard InChI is InChI=1S/C16H18ClN3O4/c17-10-6-7-11(19-14(10)16(23)24)12(8-21)20-15(22)13(18)9-4-2-1-3-5-9/h1-5,8,10-13H,6-7,18H2,(H,20,22)(H,23,24)/t10?,11-,12-,13-/m1/s1. The molecule has 1 aromatic carbocycles. The zero-order valence-electron chi connectivity index (χ0n) is 12.8. The first kappa shape index (κ1) is 18.1. The van der Waals surface area contributed by atoms with Crippen molar-refractivity contribution in [1.82, 2.24) is 5.32 Å². The van der Waals surface area contributed by atoms with E-state index in [4.69, 9.17) is 22.4 Å². The molecule has 0 fully saturated rings. The van der Waals surface area contributed by atoms with Crippen LogP contribution < -0.4 is 11.1 Å². The third kappa shape index (κ3) is 4.18. The summed E-state index contributed by atoms with van der Waals surface area (Å²) in [6, 6.07) is 6.17. The van der Waals surface area contributed by atoms with Gasteiger partial charge in [0.2, 0.25) is 5.91 Å². The molecule has 1 amide bonds. The highest BCUT2D eigenvalue weighted by molar-refractivity contribution is 6.49. The molecule has 0 aromatic heterocycles. The molecule has 1 unspecified atom stereocenters. The molecule has 0 spiro atoms. The molecule has 1 aliphatic rings. The van der Waals surface area contributed by atoms with Gasteiger partial charge in [-0.3, -0.25) is 9.79 Å². The maximum Gasteiger partial charge on any atom is 0.351 e. The van der Waals surface area contributed by atoms with E-state index in [1.54, 1.807) is 30.3 Å². The molecule has 24 heavy (non-hydrogen) atoms. The number of nitrogens with zero attached hydrogens (tertiary/aromatic N) is 1. The van der Waals surface area contributed by atoms with E-state index in [1.807, 2.05) is 0 Å². The number of nitrogens with two attached hydrogens (primary N) is 1. The number of hydrogen-bond donors (Lipinski definition) is 3. The van der Waals surface area contributed by atoms with Gasteiger partial charge in [-0.05, 0) is 18.4 Å². The first-order valence-corrected chi connectivity index (χ1v) is 7.89. The summed E-state index contributed by atoms with van der Waals surface area (Å²) in [5.74, 6) is -1.75. The summed E-state index contributed by atoms with van der Waals surface area (Å²) in [4.78, 5) is 38.7. The van der Waals surface area contributed by atoms with Gasteiger partial charge in [0, 0.05) is 0 Å². The number of aliphatic imine (C=N–C) groups is 1. The Balaban J connectivity index is 2.10. The van der Waals surface area contributed by atoms with Gasteiger partial charge in [-0.2, -0.15) is 0 Å². The molecule has 1 aliphatic heterocycles. The molecule has 2 rings (SSSR count). The second kappa shape index (κ2) is 8.03. The van der Waals surface area contributed by atoms with Crippen LogP contribution in [0.1, 0.15) is 24.4 Å². The lowest BCUT2D eigenvalue weighted by Crippen LogP contribution is -2.49. The van der Waals surface area contributed by atoms with Crippen LogP contribution >= 0.6 is 11.6 Å². The van der Waals surface area contributed by atoms with E-state index in [0.29, 0.717) is 24.7 Å². The number of halogens is 1. The largest absolute Gasteiger partial charge is 0.477 e. The lowest BCUT2D eigenvalue weighted by atomic mass is 9.96. The quantitative estimate of drug-likeness (QED) is 0.513. The fourth-order valence-corrected chi connectivity index (χ4v) is 2.79. The highest BCUT2D eigenvalue weighted by Gasteiger charge is 2.33. The number of alkyl halides is 1. The Morgan fingerprint density at radius 1 is 1.33 bits per heavy atom. The van der Waals surface area contributed by atoms with Gasteiger partial charge in [0.1, 0.15) is 24.1 Å². The second-order valence-electron chi connectivity index (χ2n) is 5.49. The molecule has 0 bridgehead atoms. The predicted octanol–water partition coefficient (Wildman–Crippen LogP) is 0.666.